The van der Waals surface area contributed by atoms with Gasteiger partial charge < -0.3 is 16.4 Å². The lowest BCUT2D eigenvalue weighted by Gasteiger charge is -2.44. The fourth-order valence-corrected chi connectivity index (χ4v) is 8.52. The maximum Gasteiger partial charge on any atom is 0.108 e. The van der Waals surface area contributed by atoms with Crippen molar-refractivity contribution in [1.82, 2.24) is 0 Å². The highest BCUT2D eigenvalue weighted by Crippen LogP contribution is 2.46. The summed E-state index contributed by atoms with van der Waals surface area (Å²) < 4.78 is 0. The minimum Gasteiger partial charge on any atom is -0.343 e. The van der Waals surface area contributed by atoms with Gasteiger partial charge in [-0.15, -0.1) is 0 Å². The van der Waals surface area contributed by atoms with Gasteiger partial charge in [-0.2, -0.15) is 0 Å². The lowest BCUT2D eigenvalue weighted by molar-refractivity contribution is 0.256. The van der Waals surface area contributed by atoms with Gasteiger partial charge in [0.25, 0.3) is 0 Å². The van der Waals surface area contributed by atoms with Crippen LogP contribution in [0.1, 0.15) is 85.6 Å². The number of hydrogen-bond acceptors (Lipinski definition) is 3. The average Bonchev–Trinajstić information content (AvgIpc) is 3.13. The molecular weight excluding hydrogens is 622 g/mol. The van der Waals surface area contributed by atoms with Gasteiger partial charge in [0, 0.05) is 33.3 Å². The van der Waals surface area contributed by atoms with Gasteiger partial charge in [-0.1, -0.05) is 110 Å². The smallest absolute Gasteiger partial charge is 0.108 e. The summed E-state index contributed by atoms with van der Waals surface area (Å²) in [5.41, 5.74) is 15.4. The summed E-state index contributed by atoms with van der Waals surface area (Å²) in [6.45, 7) is 3.50. The average molecular weight is 672 g/mol. The Bertz CT molecular complexity index is 1800. The molecule has 8 rings (SSSR count). The quantitative estimate of drug-likeness (QED) is 0.202. The Labute approximate surface area is 297 Å². The molecule has 0 atom stereocenters. The summed E-state index contributed by atoms with van der Waals surface area (Å²) in [4.78, 5) is 10.1. The SMILES string of the molecule is Cc1cc(CN=C2Nc3ccccc3CC23CCCCC3)ccc1Cl.NC1CCC2(CC1)Cc1ccccc1NC2=NCc1ccccc1. The van der Waals surface area contributed by atoms with Crippen LogP contribution in [-0.2, 0) is 25.9 Å². The van der Waals surface area contributed by atoms with E-state index in [-0.39, 0.29) is 10.8 Å². The van der Waals surface area contributed by atoms with Crippen molar-refractivity contribution in [2.45, 2.75) is 96.7 Å². The van der Waals surface area contributed by atoms with Crippen LogP contribution in [0.5, 0.6) is 0 Å². The summed E-state index contributed by atoms with van der Waals surface area (Å²) in [5, 5.41) is 8.15. The van der Waals surface area contributed by atoms with Gasteiger partial charge in [-0.25, -0.2) is 0 Å². The monoisotopic (exact) mass is 671 g/mol. The highest BCUT2D eigenvalue weighted by Gasteiger charge is 2.43. The van der Waals surface area contributed by atoms with E-state index in [9.17, 15) is 0 Å². The standard InChI is InChI=1S/C22H25ClN2.C21H25N3/c1-16-13-17(9-10-19(16)23)15-24-21-22(11-5-2-6-12-22)14-18-7-3-4-8-20(18)25-21;22-18-10-12-21(13-11-18)14-17-8-4-5-9-19(17)24-20(21)23-15-16-6-2-1-3-7-16/h3-4,7-10,13H,2,5-6,11-12,14-15H2,1H3,(H,24,25);1-9,18H,10-15,22H2,(H,23,24). The number of hydrogen-bond donors (Lipinski definition) is 3. The first-order chi connectivity index (χ1) is 23.9. The molecule has 0 aromatic heterocycles. The zero-order chi connectivity index (χ0) is 33.7. The van der Waals surface area contributed by atoms with Gasteiger partial charge >= 0.3 is 0 Å². The van der Waals surface area contributed by atoms with Gasteiger partial charge in [0.1, 0.15) is 11.7 Å². The normalized spacial score (nSPS) is 23.9. The Balaban J connectivity index is 0.000000154. The van der Waals surface area contributed by atoms with Crippen LogP contribution in [0.25, 0.3) is 0 Å². The molecule has 0 bridgehead atoms. The lowest BCUT2D eigenvalue weighted by Crippen LogP contribution is -2.46. The number of halogens is 1. The molecule has 2 fully saturated rings. The Hall–Kier alpha value is -3.93. The van der Waals surface area contributed by atoms with Gasteiger partial charge in [-0.3, -0.25) is 9.98 Å². The molecule has 4 aliphatic rings. The molecule has 2 aliphatic carbocycles. The van der Waals surface area contributed by atoms with E-state index >= 15 is 0 Å². The molecule has 0 unspecified atom stereocenters. The van der Waals surface area contributed by atoms with E-state index in [4.69, 9.17) is 27.3 Å². The third-order valence-electron chi connectivity index (χ3n) is 11.3. The molecule has 2 heterocycles. The number of fused-ring (bicyclic) bond motifs is 2. The van der Waals surface area contributed by atoms with Gasteiger partial charge in [-0.05, 0) is 104 Å². The molecule has 49 heavy (non-hydrogen) atoms. The third-order valence-corrected chi connectivity index (χ3v) is 11.7. The fourth-order valence-electron chi connectivity index (χ4n) is 8.40. The van der Waals surface area contributed by atoms with E-state index in [2.05, 4.69) is 109 Å². The Morgan fingerprint density at radius 1 is 0.653 bits per heavy atom. The molecule has 4 N–H and O–H groups in total. The minimum absolute atomic E-state index is 0.138. The Morgan fingerprint density at radius 3 is 1.78 bits per heavy atom. The second-order valence-corrected chi connectivity index (χ2v) is 15.2. The zero-order valence-corrected chi connectivity index (χ0v) is 29.6. The highest BCUT2D eigenvalue weighted by molar-refractivity contribution is 6.31. The first kappa shape index (κ1) is 33.6. The lowest BCUT2D eigenvalue weighted by atomic mass is 9.66. The van der Waals surface area contributed by atoms with Crippen LogP contribution in [0.2, 0.25) is 5.02 Å². The van der Waals surface area contributed by atoms with Gasteiger partial charge in [0.05, 0.1) is 13.1 Å². The maximum atomic E-state index is 6.17. The summed E-state index contributed by atoms with van der Waals surface area (Å²) in [5.74, 6) is 2.36. The largest absolute Gasteiger partial charge is 0.343 e. The number of nitrogens with two attached hydrogens (primary N) is 1. The molecule has 5 nitrogen and oxygen atoms in total. The van der Waals surface area contributed by atoms with Crippen LogP contribution in [0.3, 0.4) is 0 Å². The van der Waals surface area contributed by atoms with Crippen molar-refractivity contribution < 1.29 is 0 Å². The molecule has 2 saturated carbocycles. The maximum absolute atomic E-state index is 6.17. The van der Waals surface area contributed by atoms with Crippen LogP contribution >= 0.6 is 11.6 Å². The molecule has 0 radical (unpaired) electrons. The molecule has 0 saturated heterocycles. The van der Waals surface area contributed by atoms with Crippen molar-refractivity contribution in [3.63, 3.8) is 0 Å². The van der Waals surface area contributed by atoms with E-state index in [0.717, 1.165) is 61.5 Å². The minimum atomic E-state index is 0.138. The first-order valence-electron chi connectivity index (χ1n) is 18.3. The van der Waals surface area contributed by atoms with E-state index in [1.807, 2.05) is 6.07 Å². The zero-order valence-electron chi connectivity index (χ0n) is 28.9. The molecule has 4 aromatic carbocycles. The molecule has 2 aliphatic heterocycles. The molecule has 0 amide bonds. The third kappa shape index (κ3) is 7.64. The van der Waals surface area contributed by atoms with Crippen molar-refractivity contribution in [2.24, 2.45) is 26.5 Å². The van der Waals surface area contributed by atoms with Crippen molar-refractivity contribution in [1.29, 1.82) is 0 Å². The number of aliphatic imine (C=N–C) groups is 2. The van der Waals surface area contributed by atoms with E-state index in [0.29, 0.717) is 12.6 Å². The van der Waals surface area contributed by atoms with Crippen molar-refractivity contribution >= 4 is 34.6 Å². The van der Waals surface area contributed by atoms with Gasteiger partial charge in [0.2, 0.25) is 0 Å². The topological polar surface area (TPSA) is 74.8 Å². The van der Waals surface area contributed by atoms with Crippen LogP contribution < -0.4 is 16.4 Å². The van der Waals surface area contributed by atoms with Crippen molar-refractivity contribution in [3.05, 3.63) is 130 Å². The molecule has 254 valence electrons. The van der Waals surface area contributed by atoms with E-state index in [1.165, 1.54) is 71.6 Å². The number of anilines is 2. The van der Waals surface area contributed by atoms with Crippen LogP contribution in [0, 0.1) is 17.8 Å². The number of benzene rings is 4. The van der Waals surface area contributed by atoms with Crippen molar-refractivity contribution in [3.8, 4) is 0 Å². The summed E-state index contributed by atoms with van der Waals surface area (Å²) in [6, 6.07) is 34.4. The predicted octanol–water partition coefficient (Wildman–Crippen LogP) is 10.3. The summed E-state index contributed by atoms with van der Waals surface area (Å²) in [7, 11) is 0. The van der Waals surface area contributed by atoms with Crippen LogP contribution in [0.15, 0.2) is 107 Å². The van der Waals surface area contributed by atoms with E-state index < -0.39 is 0 Å². The van der Waals surface area contributed by atoms with Crippen LogP contribution in [-0.4, -0.2) is 17.7 Å². The number of nitrogens with one attached hydrogen (secondary N) is 2. The Kier molecular flexibility index (Phi) is 10.2. The molecule has 4 aromatic rings. The second kappa shape index (κ2) is 14.9. The predicted molar refractivity (Wildman–Crippen MR) is 207 cm³/mol. The van der Waals surface area contributed by atoms with Crippen LogP contribution in [0.4, 0.5) is 11.4 Å². The number of aryl methyl sites for hydroxylation is 1. The first-order valence-corrected chi connectivity index (χ1v) is 18.6. The second-order valence-electron chi connectivity index (χ2n) is 14.8. The molecular formula is C43H50ClN5. The van der Waals surface area contributed by atoms with Crippen molar-refractivity contribution in [2.75, 3.05) is 10.6 Å². The summed E-state index contributed by atoms with van der Waals surface area (Å²) >= 11 is 6.15. The fraction of sp³-hybridized carbons (Fsp3) is 0.395. The molecule has 2 spiro atoms. The number of rotatable bonds is 4. The Morgan fingerprint density at radius 2 is 1.18 bits per heavy atom. The van der Waals surface area contributed by atoms with Gasteiger partial charge in [0.15, 0.2) is 0 Å². The number of amidine groups is 2. The van der Waals surface area contributed by atoms with E-state index in [1.54, 1.807) is 0 Å². The molecule has 6 heteroatoms. The highest BCUT2D eigenvalue weighted by atomic mass is 35.5. The number of nitrogens with zero attached hydrogens (tertiary/aromatic N) is 2. The number of para-hydroxylation sites is 2. The summed E-state index contributed by atoms with van der Waals surface area (Å²) in [6.07, 6.45) is 13.1.